The van der Waals surface area contributed by atoms with E-state index < -0.39 is 45.9 Å². The van der Waals surface area contributed by atoms with Crippen molar-refractivity contribution in [1.82, 2.24) is 9.55 Å². The zero-order valence-electron chi connectivity index (χ0n) is 14.5. The maximum absolute atomic E-state index is 13.0. The number of hydrogen-bond acceptors (Lipinski definition) is 7. The highest BCUT2D eigenvalue weighted by molar-refractivity contribution is 7.14. The van der Waals surface area contributed by atoms with E-state index in [2.05, 4.69) is 10.3 Å². The number of nitrogens with two attached hydrogens (primary N) is 1. The van der Waals surface area contributed by atoms with Crippen LogP contribution in [0.4, 0.5) is 15.2 Å². The normalized spacial score (nSPS) is 10.5. The first-order valence-corrected chi connectivity index (χ1v) is 8.82. The molecular formula is C17H12FN5O5S. The Balaban J connectivity index is 1.79. The van der Waals surface area contributed by atoms with Crippen LogP contribution in [0.3, 0.4) is 0 Å². The Bertz CT molecular complexity index is 1170. The number of rotatable bonds is 6. The summed E-state index contributed by atoms with van der Waals surface area (Å²) in [6.07, 6.45) is 0.847. The number of nitrogens with one attached hydrogen (secondary N) is 1. The van der Waals surface area contributed by atoms with Crippen LogP contribution in [0, 0.1) is 15.9 Å². The van der Waals surface area contributed by atoms with Crippen molar-refractivity contribution < 1.29 is 18.9 Å². The lowest BCUT2D eigenvalue weighted by atomic mass is 10.2. The van der Waals surface area contributed by atoms with Gasteiger partial charge in [0.05, 0.1) is 16.8 Å². The molecule has 1 aromatic carbocycles. The molecule has 29 heavy (non-hydrogen) atoms. The molecule has 0 fully saturated rings. The monoisotopic (exact) mass is 417 g/mol. The lowest BCUT2D eigenvalue weighted by Crippen LogP contribution is -2.33. The molecule has 0 atom stereocenters. The van der Waals surface area contributed by atoms with E-state index in [9.17, 15) is 28.9 Å². The van der Waals surface area contributed by atoms with E-state index in [1.54, 1.807) is 5.38 Å². The molecule has 0 saturated heterocycles. The van der Waals surface area contributed by atoms with Crippen LogP contribution in [0.1, 0.15) is 10.4 Å². The van der Waals surface area contributed by atoms with Gasteiger partial charge in [-0.1, -0.05) is 0 Å². The fourth-order valence-electron chi connectivity index (χ4n) is 2.41. The second-order valence-electron chi connectivity index (χ2n) is 5.76. The van der Waals surface area contributed by atoms with Crippen molar-refractivity contribution in [3.8, 4) is 11.3 Å². The van der Waals surface area contributed by atoms with Gasteiger partial charge in [-0.3, -0.25) is 29.1 Å². The number of carbonyl (C=O) groups excluding carboxylic acids is 2. The molecule has 2 aromatic heterocycles. The molecule has 0 aliphatic rings. The summed E-state index contributed by atoms with van der Waals surface area (Å²) < 4.78 is 13.7. The van der Waals surface area contributed by atoms with Crippen LogP contribution in [-0.4, -0.2) is 26.3 Å². The highest BCUT2D eigenvalue weighted by Gasteiger charge is 2.19. The number of benzene rings is 1. The molecule has 10 nitrogen and oxygen atoms in total. The maximum Gasteiger partial charge on any atom is 0.286 e. The highest BCUT2D eigenvalue weighted by atomic mass is 32.1. The minimum atomic E-state index is -1.14. The number of nitro groups is 1. The summed E-state index contributed by atoms with van der Waals surface area (Å²) in [6.45, 7) is -0.591. The fraction of sp³-hybridized carbons (Fsp3) is 0.0588. The number of halogens is 1. The van der Waals surface area contributed by atoms with Gasteiger partial charge in [0.25, 0.3) is 17.2 Å². The lowest BCUT2D eigenvalue weighted by molar-refractivity contribution is -0.385. The average Bonchev–Trinajstić information content (AvgIpc) is 3.11. The van der Waals surface area contributed by atoms with Gasteiger partial charge in [0.1, 0.15) is 17.9 Å². The first-order valence-electron chi connectivity index (χ1n) is 7.94. The summed E-state index contributed by atoms with van der Waals surface area (Å²) in [5.41, 5.74) is 4.14. The van der Waals surface area contributed by atoms with Crippen molar-refractivity contribution in [2.75, 3.05) is 5.32 Å². The molecule has 0 spiro atoms. The van der Waals surface area contributed by atoms with Crippen LogP contribution < -0.4 is 16.6 Å². The molecule has 0 aliphatic carbocycles. The van der Waals surface area contributed by atoms with E-state index in [4.69, 9.17) is 5.73 Å². The quantitative estimate of drug-likeness (QED) is 0.461. The summed E-state index contributed by atoms with van der Waals surface area (Å²) in [5, 5.41) is 15.3. The first kappa shape index (κ1) is 19.8. The number of anilines is 1. The SMILES string of the molecule is NC(=O)c1cc([N+](=O)[O-])cn(CC(=O)Nc2nc(-c3ccc(F)cc3)cs2)c1=O. The van der Waals surface area contributed by atoms with Crippen molar-refractivity contribution in [1.29, 1.82) is 0 Å². The van der Waals surface area contributed by atoms with Crippen molar-refractivity contribution in [2.45, 2.75) is 6.54 Å². The average molecular weight is 417 g/mol. The van der Waals surface area contributed by atoms with E-state index in [-0.39, 0.29) is 5.13 Å². The Hall–Kier alpha value is -3.93. The number of amides is 2. The van der Waals surface area contributed by atoms with Gasteiger partial charge in [0.15, 0.2) is 5.13 Å². The summed E-state index contributed by atoms with van der Waals surface area (Å²) in [6, 6.07) is 6.37. The molecular weight excluding hydrogens is 405 g/mol. The molecule has 3 N–H and O–H groups in total. The minimum absolute atomic E-state index is 0.211. The number of aromatic nitrogens is 2. The van der Waals surface area contributed by atoms with Crippen LogP contribution >= 0.6 is 11.3 Å². The number of pyridine rings is 1. The van der Waals surface area contributed by atoms with E-state index in [0.29, 0.717) is 11.3 Å². The first-order chi connectivity index (χ1) is 13.7. The zero-order valence-corrected chi connectivity index (χ0v) is 15.3. The van der Waals surface area contributed by atoms with Gasteiger partial charge in [-0.25, -0.2) is 9.37 Å². The molecule has 0 radical (unpaired) electrons. The number of carbonyl (C=O) groups is 2. The second kappa shape index (κ2) is 7.98. The molecule has 3 rings (SSSR count). The molecule has 3 aromatic rings. The van der Waals surface area contributed by atoms with Crippen molar-refractivity contribution in [3.05, 3.63) is 73.8 Å². The van der Waals surface area contributed by atoms with Gasteiger partial charge in [-0.2, -0.15) is 0 Å². The Labute approximate surface area is 165 Å². The van der Waals surface area contributed by atoms with Crippen molar-refractivity contribution in [3.63, 3.8) is 0 Å². The van der Waals surface area contributed by atoms with E-state index >= 15 is 0 Å². The molecule has 0 aliphatic heterocycles. The highest BCUT2D eigenvalue weighted by Crippen LogP contribution is 2.25. The number of thiazole rings is 1. The van der Waals surface area contributed by atoms with Crippen LogP contribution in [0.15, 0.2) is 46.7 Å². The van der Waals surface area contributed by atoms with Gasteiger partial charge in [0.2, 0.25) is 5.91 Å². The van der Waals surface area contributed by atoms with E-state index in [0.717, 1.165) is 28.2 Å². The minimum Gasteiger partial charge on any atom is -0.365 e. The second-order valence-corrected chi connectivity index (χ2v) is 6.62. The number of hydrogen-bond donors (Lipinski definition) is 2. The number of nitrogens with zero attached hydrogens (tertiary/aromatic N) is 3. The largest absolute Gasteiger partial charge is 0.365 e. The molecule has 0 saturated carbocycles. The van der Waals surface area contributed by atoms with Gasteiger partial charge in [-0.15, -0.1) is 11.3 Å². The van der Waals surface area contributed by atoms with E-state index in [1.807, 2.05) is 0 Å². The molecule has 2 amide bonds. The van der Waals surface area contributed by atoms with Gasteiger partial charge >= 0.3 is 0 Å². The molecule has 0 unspecified atom stereocenters. The Morgan fingerprint density at radius 1 is 1.31 bits per heavy atom. The van der Waals surface area contributed by atoms with E-state index in [1.165, 1.54) is 24.3 Å². The molecule has 0 bridgehead atoms. The van der Waals surface area contributed by atoms with Crippen molar-refractivity contribution in [2.24, 2.45) is 5.73 Å². The predicted molar refractivity (Wildman–Crippen MR) is 102 cm³/mol. The lowest BCUT2D eigenvalue weighted by Gasteiger charge is -2.07. The van der Waals surface area contributed by atoms with Crippen LogP contribution in [0.5, 0.6) is 0 Å². The standard InChI is InChI=1S/C17H12FN5O5S/c18-10-3-1-9(2-4-10)13-8-29-17(20-13)21-14(24)7-22-6-11(23(27)28)5-12(15(19)25)16(22)26/h1-6,8H,7H2,(H2,19,25)(H,20,21,24). The van der Waals surface area contributed by atoms with Crippen LogP contribution in [0.2, 0.25) is 0 Å². The molecule has 148 valence electrons. The predicted octanol–water partition coefficient (Wildman–Crippen LogP) is 1.76. The van der Waals surface area contributed by atoms with Gasteiger partial charge in [-0.05, 0) is 24.3 Å². The summed E-state index contributed by atoms with van der Waals surface area (Å²) in [5.74, 6) is -2.23. The Morgan fingerprint density at radius 3 is 2.62 bits per heavy atom. The summed E-state index contributed by atoms with van der Waals surface area (Å²) in [4.78, 5) is 50.2. The van der Waals surface area contributed by atoms with Gasteiger partial charge < -0.3 is 11.1 Å². The Morgan fingerprint density at radius 2 is 2.00 bits per heavy atom. The fourth-order valence-corrected chi connectivity index (χ4v) is 3.15. The smallest absolute Gasteiger partial charge is 0.286 e. The zero-order chi connectivity index (χ0) is 21.1. The maximum atomic E-state index is 13.0. The van der Waals surface area contributed by atoms with Crippen LogP contribution in [-0.2, 0) is 11.3 Å². The molecule has 2 heterocycles. The third kappa shape index (κ3) is 4.50. The van der Waals surface area contributed by atoms with Gasteiger partial charge in [0, 0.05) is 17.0 Å². The summed E-state index contributed by atoms with van der Waals surface area (Å²) in [7, 11) is 0. The molecule has 12 heteroatoms. The Kier molecular flexibility index (Phi) is 5.45. The third-order valence-corrected chi connectivity index (χ3v) is 4.51. The van der Waals surface area contributed by atoms with Crippen LogP contribution in [0.25, 0.3) is 11.3 Å². The number of primary amides is 1. The summed E-state index contributed by atoms with van der Waals surface area (Å²) >= 11 is 1.10. The van der Waals surface area contributed by atoms with Crippen molar-refractivity contribution >= 4 is 34.0 Å². The third-order valence-electron chi connectivity index (χ3n) is 3.75. The topological polar surface area (TPSA) is 150 Å².